The van der Waals surface area contributed by atoms with Crippen molar-refractivity contribution in [2.24, 2.45) is 11.8 Å². The van der Waals surface area contributed by atoms with E-state index in [4.69, 9.17) is 4.74 Å². The SMILES string of the molecule is COCCCNS(=O)(=O)c1ccc(NC(=O)C2CCN(C(=O)C3CC(=O)N(c4ccccc4)C3)CC2)cc1. The monoisotopic (exact) mass is 542 g/mol. The zero-order valence-corrected chi connectivity index (χ0v) is 22.3. The number of likely N-dealkylation sites (tertiary alicyclic amines) is 1. The molecule has 2 aliphatic rings. The Kier molecular flexibility index (Phi) is 9.13. The van der Waals surface area contributed by atoms with Gasteiger partial charge in [0.1, 0.15) is 0 Å². The third kappa shape index (κ3) is 6.77. The number of hydrogen-bond acceptors (Lipinski definition) is 6. The van der Waals surface area contributed by atoms with Crippen molar-refractivity contribution in [1.82, 2.24) is 9.62 Å². The number of carbonyl (C=O) groups excluding carboxylic acids is 3. The van der Waals surface area contributed by atoms with E-state index in [9.17, 15) is 22.8 Å². The second-order valence-corrected chi connectivity index (χ2v) is 11.4. The van der Waals surface area contributed by atoms with Crippen LogP contribution in [0.3, 0.4) is 0 Å². The Hall–Kier alpha value is -3.28. The molecule has 2 heterocycles. The maximum absolute atomic E-state index is 13.1. The van der Waals surface area contributed by atoms with Crippen LogP contribution < -0.4 is 14.9 Å². The standard InChI is InChI=1S/C27H34N4O6S/c1-37-17-5-14-28-38(35,36)24-10-8-22(9-11-24)29-26(33)20-12-15-30(16-13-20)27(34)21-18-25(32)31(19-21)23-6-3-2-4-7-23/h2-4,6-11,20-21,28H,5,12-19H2,1H3,(H,29,33). The first kappa shape index (κ1) is 27.7. The summed E-state index contributed by atoms with van der Waals surface area (Å²) in [6.07, 6.45) is 1.82. The molecule has 0 spiro atoms. The molecule has 2 aliphatic heterocycles. The number of anilines is 2. The Morgan fingerprint density at radius 3 is 2.34 bits per heavy atom. The van der Waals surface area contributed by atoms with Crippen molar-refractivity contribution in [2.75, 3.05) is 50.1 Å². The Balaban J connectivity index is 1.25. The minimum absolute atomic E-state index is 0.0386. The van der Waals surface area contributed by atoms with E-state index >= 15 is 0 Å². The van der Waals surface area contributed by atoms with Gasteiger partial charge in [0, 0.05) is 63.6 Å². The van der Waals surface area contributed by atoms with Crippen LogP contribution in [0.1, 0.15) is 25.7 Å². The number of benzene rings is 2. The van der Waals surface area contributed by atoms with Gasteiger partial charge >= 0.3 is 0 Å². The van der Waals surface area contributed by atoms with E-state index in [1.165, 1.54) is 12.1 Å². The molecule has 11 heteroatoms. The molecule has 2 fully saturated rings. The third-order valence-corrected chi connectivity index (χ3v) is 8.45. The molecule has 10 nitrogen and oxygen atoms in total. The average Bonchev–Trinajstić information content (AvgIpc) is 3.33. The molecule has 2 aromatic carbocycles. The first-order valence-corrected chi connectivity index (χ1v) is 14.3. The number of carbonyl (C=O) groups is 3. The van der Waals surface area contributed by atoms with E-state index in [1.54, 1.807) is 29.0 Å². The molecule has 0 saturated carbocycles. The molecule has 2 saturated heterocycles. The Morgan fingerprint density at radius 2 is 1.68 bits per heavy atom. The van der Waals surface area contributed by atoms with Gasteiger partial charge in [0.15, 0.2) is 0 Å². The van der Waals surface area contributed by atoms with Crippen LogP contribution in [0.2, 0.25) is 0 Å². The van der Waals surface area contributed by atoms with Crippen molar-refractivity contribution in [3.63, 3.8) is 0 Å². The lowest BCUT2D eigenvalue weighted by Gasteiger charge is -2.33. The molecule has 0 bridgehead atoms. The highest BCUT2D eigenvalue weighted by Crippen LogP contribution is 2.28. The first-order chi connectivity index (χ1) is 18.3. The fourth-order valence-electron chi connectivity index (χ4n) is 4.82. The van der Waals surface area contributed by atoms with Crippen molar-refractivity contribution in [1.29, 1.82) is 0 Å². The van der Waals surface area contributed by atoms with E-state index in [0.717, 1.165) is 5.69 Å². The fourth-order valence-corrected chi connectivity index (χ4v) is 5.89. The number of rotatable bonds is 10. The van der Waals surface area contributed by atoms with E-state index in [-0.39, 0.29) is 47.4 Å². The van der Waals surface area contributed by atoms with Gasteiger partial charge in [0.2, 0.25) is 27.7 Å². The highest BCUT2D eigenvalue weighted by Gasteiger charge is 2.38. The number of para-hydroxylation sites is 1. The fraction of sp³-hybridized carbons (Fsp3) is 0.444. The van der Waals surface area contributed by atoms with Crippen molar-refractivity contribution >= 4 is 39.1 Å². The normalized spacial score (nSPS) is 18.6. The molecule has 2 aromatic rings. The molecule has 0 aliphatic carbocycles. The maximum Gasteiger partial charge on any atom is 0.240 e. The van der Waals surface area contributed by atoms with Crippen LogP contribution in [0.15, 0.2) is 59.5 Å². The zero-order valence-electron chi connectivity index (χ0n) is 21.5. The Bertz CT molecular complexity index is 1230. The number of ether oxygens (including phenoxy) is 1. The molecule has 1 unspecified atom stereocenters. The van der Waals surface area contributed by atoms with Gasteiger partial charge in [-0.1, -0.05) is 18.2 Å². The quantitative estimate of drug-likeness (QED) is 0.444. The van der Waals surface area contributed by atoms with Gasteiger partial charge in [0.25, 0.3) is 0 Å². The van der Waals surface area contributed by atoms with Crippen molar-refractivity contribution < 1.29 is 27.5 Å². The van der Waals surface area contributed by atoms with Crippen LogP contribution in [0.4, 0.5) is 11.4 Å². The van der Waals surface area contributed by atoms with E-state index in [1.807, 2.05) is 30.3 Å². The van der Waals surface area contributed by atoms with E-state index < -0.39 is 10.0 Å². The molecule has 1 atom stereocenters. The Labute approximate surface area is 223 Å². The van der Waals surface area contributed by atoms with Crippen LogP contribution in [0.5, 0.6) is 0 Å². The summed E-state index contributed by atoms with van der Waals surface area (Å²) in [7, 11) is -2.07. The molecule has 0 radical (unpaired) electrons. The predicted octanol–water partition coefficient (Wildman–Crippen LogP) is 2.23. The molecular formula is C27H34N4O6S. The van der Waals surface area contributed by atoms with E-state index in [0.29, 0.717) is 51.2 Å². The molecule has 0 aromatic heterocycles. The molecular weight excluding hydrogens is 508 g/mol. The van der Waals surface area contributed by atoms with Gasteiger partial charge in [-0.25, -0.2) is 13.1 Å². The summed E-state index contributed by atoms with van der Waals surface area (Å²) in [6.45, 7) is 2.03. The zero-order chi connectivity index (χ0) is 27.1. The average molecular weight is 543 g/mol. The molecule has 4 rings (SSSR count). The molecule has 2 N–H and O–H groups in total. The Morgan fingerprint density at radius 1 is 1.00 bits per heavy atom. The summed E-state index contributed by atoms with van der Waals surface area (Å²) in [5, 5.41) is 2.85. The highest BCUT2D eigenvalue weighted by molar-refractivity contribution is 7.89. The molecule has 204 valence electrons. The minimum atomic E-state index is -3.63. The smallest absolute Gasteiger partial charge is 0.240 e. The molecule has 38 heavy (non-hydrogen) atoms. The lowest BCUT2D eigenvalue weighted by molar-refractivity contribution is -0.138. The topological polar surface area (TPSA) is 125 Å². The number of methoxy groups -OCH3 is 1. The predicted molar refractivity (Wildman–Crippen MR) is 143 cm³/mol. The minimum Gasteiger partial charge on any atom is -0.385 e. The van der Waals surface area contributed by atoms with Crippen LogP contribution in [-0.4, -0.2) is 70.9 Å². The summed E-state index contributed by atoms with van der Waals surface area (Å²) in [5.41, 5.74) is 1.31. The third-order valence-electron chi connectivity index (χ3n) is 6.97. The van der Waals surface area contributed by atoms with Gasteiger partial charge in [-0.15, -0.1) is 0 Å². The van der Waals surface area contributed by atoms with Gasteiger partial charge < -0.3 is 19.9 Å². The van der Waals surface area contributed by atoms with E-state index in [2.05, 4.69) is 10.0 Å². The molecule has 3 amide bonds. The summed E-state index contributed by atoms with van der Waals surface area (Å²) < 4.78 is 32.2. The highest BCUT2D eigenvalue weighted by atomic mass is 32.2. The lowest BCUT2D eigenvalue weighted by Crippen LogP contribution is -2.44. The van der Waals surface area contributed by atoms with Crippen LogP contribution in [0.25, 0.3) is 0 Å². The van der Waals surface area contributed by atoms with Gasteiger partial charge in [0.05, 0.1) is 10.8 Å². The van der Waals surface area contributed by atoms with Crippen LogP contribution >= 0.6 is 0 Å². The van der Waals surface area contributed by atoms with Crippen molar-refractivity contribution in [3.05, 3.63) is 54.6 Å². The lowest BCUT2D eigenvalue weighted by atomic mass is 9.94. The second kappa shape index (κ2) is 12.5. The van der Waals surface area contributed by atoms with Gasteiger partial charge in [-0.3, -0.25) is 14.4 Å². The summed E-state index contributed by atoms with van der Waals surface area (Å²) in [4.78, 5) is 41.9. The number of nitrogens with one attached hydrogen (secondary N) is 2. The largest absolute Gasteiger partial charge is 0.385 e. The van der Waals surface area contributed by atoms with Crippen LogP contribution in [0, 0.1) is 11.8 Å². The first-order valence-electron chi connectivity index (χ1n) is 12.8. The van der Waals surface area contributed by atoms with Crippen LogP contribution in [-0.2, 0) is 29.1 Å². The maximum atomic E-state index is 13.1. The van der Waals surface area contributed by atoms with Gasteiger partial charge in [-0.2, -0.15) is 0 Å². The summed E-state index contributed by atoms with van der Waals surface area (Å²) in [5.74, 6) is -0.877. The van der Waals surface area contributed by atoms with Gasteiger partial charge in [-0.05, 0) is 55.7 Å². The number of nitrogens with zero attached hydrogens (tertiary/aromatic N) is 2. The number of amides is 3. The number of hydrogen-bond donors (Lipinski definition) is 2. The number of sulfonamides is 1. The van der Waals surface area contributed by atoms with Crippen molar-refractivity contribution in [3.8, 4) is 0 Å². The summed E-state index contributed by atoms with van der Waals surface area (Å²) in [6, 6.07) is 15.4. The number of piperidine rings is 1. The van der Waals surface area contributed by atoms with Crippen molar-refractivity contribution in [2.45, 2.75) is 30.6 Å². The second-order valence-electron chi connectivity index (χ2n) is 9.60. The summed E-state index contributed by atoms with van der Waals surface area (Å²) >= 11 is 0.